The highest BCUT2D eigenvalue weighted by atomic mass is 16.6. The van der Waals surface area contributed by atoms with E-state index in [-0.39, 0.29) is 11.9 Å². The molecule has 14 heavy (non-hydrogen) atoms. The van der Waals surface area contributed by atoms with E-state index >= 15 is 0 Å². The van der Waals surface area contributed by atoms with E-state index < -0.39 is 4.92 Å². The van der Waals surface area contributed by atoms with Gasteiger partial charge in [-0.25, -0.2) is 0 Å². The number of pyridine rings is 1. The quantitative estimate of drug-likeness (QED) is 0.555. The maximum atomic E-state index is 10.3. The molecule has 0 atom stereocenters. The molecule has 0 saturated carbocycles. The Balaban J connectivity index is 2.01. The zero-order valence-electron chi connectivity index (χ0n) is 7.34. The molecular formula is C8H9N3O3. The zero-order chi connectivity index (χ0) is 9.97. The highest BCUT2D eigenvalue weighted by Gasteiger charge is 2.19. The first-order valence-corrected chi connectivity index (χ1v) is 4.23. The van der Waals surface area contributed by atoms with Gasteiger partial charge in [0.05, 0.1) is 0 Å². The Bertz CT molecular complexity index is 334. The molecule has 6 heteroatoms. The maximum absolute atomic E-state index is 10.3. The lowest BCUT2D eigenvalue weighted by Crippen LogP contribution is -2.50. The molecule has 0 unspecified atom stereocenters. The number of nitrogens with one attached hydrogen (secondary N) is 1. The molecule has 1 fully saturated rings. The van der Waals surface area contributed by atoms with Gasteiger partial charge in [-0.1, -0.05) is 0 Å². The predicted octanol–water partition coefficient (Wildman–Crippen LogP) is 0.340. The van der Waals surface area contributed by atoms with Crippen molar-refractivity contribution in [3.05, 3.63) is 28.4 Å². The predicted molar refractivity (Wildman–Crippen MR) is 48.2 cm³/mol. The van der Waals surface area contributed by atoms with Gasteiger partial charge in [0, 0.05) is 19.2 Å². The van der Waals surface area contributed by atoms with E-state index in [0.717, 1.165) is 13.1 Å². The van der Waals surface area contributed by atoms with Crippen molar-refractivity contribution >= 4 is 5.82 Å². The first-order chi connectivity index (χ1) is 6.75. The zero-order valence-corrected chi connectivity index (χ0v) is 7.34. The van der Waals surface area contributed by atoms with Gasteiger partial charge in [-0.2, -0.15) is 0 Å². The average molecular weight is 195 g/mol. The topological polar surface area (TPSA) is 77.3 Å². The second kappa shape index (κ2) is 3.59. The van der Waals surface area contributed by atoms with Crippen molar-refractivity contribution in [3.8, 4) is 5.75 Å². The van der Waals surface area contributed by atoms with Gasteiger partial charge >= 0.3 is 5.82 Å². The molecule has 0 spiro atoms. The van der Waals surface area contributed by atoms with Crippen LogP contribution in [0.1, 0.15) is 0 Å². The summed E-state index contributed by atoms with van der Waals surface area (Å²) in [5, 5.41) is 13.4. The maximum Gasteiger partial charge on any atom is 0.363 e. The largest absolute Gasteiger partial charge is 0.484 e. The number of ether oxygens (including phenoxy) is 1. The summed E-state index contributed by atoms with van der Waals surface area (Å²) in [6.45, 7) is 1.63. The van der Waals surface area contributed by atoms with Crippen LogP contribution in [0.3, 0.4) is 0 Å². The Hall–Kier alpha value is -1.69. The van der Waals surface area contributed by atoms with Crippen LogP contribution in [0.4, 0.5) is 5.82 Å². The molecule has 74 valence electrons. The highest BCUT2D eigenvalue weighted by Crippen LogP contribution is 2.15. The molecule has 1 aromatic heterocycles. The second-order valence-electron chi connectivity index (χ2n) is 3.01. The van der Waals surface area contributed by atoms with Gasteiger partial charge in [0.15, 0.2) is 11.9 Å². The first kappa shape index (κ1) is 8.89. The van der Waals surface area contributed by atoms with Gasteiger partial charge < -0.3 is 20.2 Å². The Labute approximate surface area is 80.1 Å². The first-order valence-electron chi connectivity index (χ1n) is 4.23. The van der Waals surface area contributed by atoms with E-state index in [1.54, 1.807) is 6.07 Å². The van der Waals surface area contributed by atoms with Crippen LogP contribution in [0.5, 0.6) is 5.75 Å². The Kier molecular flexibility index (Phi) is 2.28. The van der Waals surface area contributed by atoms with E-state index in [1.165, 1.54) is 12.3 Å². The lowest BCUT2D eigenvalue weighted by Gasteiger charge is -2.27. The van der Waals surface area contributed by atoms with Crippen molar-refractivity contribution in [1.29, 1.82) is 0 Å². The second-order valence-corrected chi connectivity index (χ2v) is 3.01. The van der Waals surface area contributed by atoms with Crippen LogP contribution >= 0.6 is 0 Å². The fourth-order valence-electron chi connectivity index (χ4n) is 1.09. The van der Waals surface area contributed by atoms with Gasteiger partial charge in [-0.3, -0.25) is 0 Å². The minimum Gasteiger partial charge on any atom is -0.484 e. The third kappa shape index (κ3) is 1.80. The monoisotopic (exact) mass is 195 g/mol. The Morgan fingerprint density at radius 2 is 2.36 bits per heavy atom. The van der Waals surface area contributed by atoms with Crippen LogP contribution < -0.4 is 10.1 Å². The number of hydrogen-bond donors (Lipinski definition) is 1. The normalized spacial score (nSPS) is 16.0. The number of nitrogens with zero attached hydrogens (tertiary/aromatic N) is 2. The van der Waals surface area contributed by atoms with E-state index in [0.29, 0.717) is 5.75 Å². The van der Waals surface area contributed by atoms with Crippen LogP contribution in [0.2, 0.25) is 0 Å². The van der Waals surface area contributed by atoms with Crippen molar-refractivity contribution in [2.24, 2.45) is 0 Å². The molecule has 0 radical (unpaired) electrons. The number of hydrogen-bond acceptors (Lipinski definition) is 5. The van der Waals surface area contributed by atoms with Gasteiger partial charge in [0.2, 0.25) is 0 Å². The fourth-order valence-corrected chi connectivity index (χ4v) is 1.09. The van der Waals surface area contributed by atoms with Crippen LogP contribution in [0.15, 0.2) is 18.3 Å². The van der Waals surface area contributed by atoms with E-state index in [4.69, 9.17) is 4.74 Å². The smallest absolute Gasteiger partial charge is 0.363 e. The number of aromatic nitrogens is 1. The molecule has 0 aliphatic carbocycles. The van der Waals surface area contributed by atoms with E-state index in [1.807, 2.05) is 0 Å². The van der Waals surface area contributed by atoms with Gasteiger partial charge in [-0.15, -0.1) is 0 Å². The minimum atomic E-state index is -0.533. The van der Waals surface area contributed by atoms with Crippen molar-refractivity contribution in [1.82, 2.24) is 10.3 Å². The number of nitro groups is 1. The third-order valence-electron chi connectivity index (χ3n) is 1.95. The summed E-state index contributed by atoms with van der Waals surface area (Å²) in [5.41, 5.74) is 0. The van der Waals surface area contributed by atoms with Crippen molar-refractivity contribution < 1.29 is 9.66 Å². The van der Waals surface area contributed by atoms with Crippen LogP contribution in [0, 0.1) is 10.1 Å². The molecule has 1 aromatic rings. The molecule has 0 amide bonds. The molecule has 0 aromatic carbocycles. The molecule has 2 rings (SSSR count). The van der Waals surface area contributed by atoms with Crippen LogP contribution in [0.25, 0.3) is 0 Å². The summed E-state index contributed by atoms with van der Waals surface area (Å²) >= 11 is 0. The van der Waals surface area contributed by atoms with Gasteiger partial charge in [0.1, 0.15) is 6.10 Å². The molecular weight excluding hydrogens is 186 g/mol. The molecule has 1 N–H and O–H groups in total. The molecule has 1 aliphatic rings. The summed E-state index contributed by atoms with van der Waals surface area (Å²) < 4.78 is 5.44. The fraction of sp³-hybridized carbons (Fsp3) is 0.375. The minimum absolute atomic E-state index is 0.163. The van der Waals surface area contributed by atoms with Gasteiger partial charge in [-0.05, 0) is 16.0 Å². The summed E-state index contributed by atoms with van der Waals surface area (Å²) in [6.07, 6.45) is 1.54. The molecule has 6 nitrogen and oxygen atoms in total. The Morgan fingerprint density at radius 3 is 2.79 bits per heavy atom. The summed E-state index contributed by atoms with van der Waals surface area (Å²) in [7, 11) is 0. The SMILES string of the molecule is O=[N+]([O-])c1ccc(OC2CNC2)cn1. The van der Waals surface area contributed by atoms with Crippen LogP contribution in [-0.4, -0.2) is 29.1 Å². The van der Waals surface area contributed by atoms with Crippen molar-refractivity contribution in [2.75, 3.05) is 13.1 Å². The summed E-state index contributed by atoms with van der Waals surface area (Å²) in [4.78, 5) is 13.4. The molecule has 1 saturated heterocycles. The van der Waals surface area contributed by atoms with E-state index in [2.05, 4.69) is 10.3 Å². The summed E-state index contributed by atoms with van der Waals surface area (Å²) in [6, 6.07) is 2.89. The van der Waals surface area contributed by atoms with Crippen molar-refractivity contribution in [2.45, 2.75) is 6.10 Å². The Morgan fingerprint density at radius 1 is 1.57 bits per heavy atom. The standard InChI is InChI=1S/C8H9N3O3/c12-11(13)8-2-1-6(5-10-8)14-7-3-9-4-7/h1-2,5,7,9H,3-4H2. The summed E-state index contributed by atoms with van der Waals surface area (Å²) in [5.74, 6) is 0.409. The lowest BCUT2D eigenvalue weighted by atomic mass is 10.2. The van der Waals surface area contributed by atoms with Crippen molar-refractivity contribution in [3.63, 3.8) is 0 Å². The average Bonchev–Trinajstić information content (AvgIpc) is 2.12. The van der Waals surface area contributed by atoms with Gasteiger partial charge in [0.25, 0.3) is 0 Å². The molecule has 1 aliphatic heterocycles. The van der Waals surface area contributed by atoms with E-state index in [9.17, 15) is 10.1 Å². The number of rotatable bonds is 3. The molecule has 0 bridgehead atoms. The van der Waals surface area contributed by atoms with Crippen LogP contribution in [-0.2, 0) is 0 Å². The lowest BCUT2D eigenvalue weighted by molar-refractivity contribution is -0.389. The highest BCUT2D eigenvalue weighted by molar-refractivity contribution is 5.27. The third-order valence-corrected chi connectivity index (χ3v) is 1.95. The molecule has 2 heterocycles.